The molecule has 2 rings (SSSR count). The second-order valence-electron chi connectivity index (χ2n) is 3.26. The molecule has 2 N–H and O–H groups in total. The number of aldehydes is 1. The number of nitrogens with two attached hydrogens (primary N) is 1. The Labute approximate surface area is 82.3 Å². The number of benzene rings is 2. The molecule has 0 aliphatic carbocycles. The van der Waals surface area contributed by atoms with E-state index in [1.807, 2.05) is 36.4 Å². The van der Waals surface area contributed by atoms with Crippen LogP contribution >= 0.6 is 0 Å². The van der Waals surface area contributed by atoms with Gasteiger partial charge in [0, 0.05) is 12.1 Å². The molecule has 0 amide bonds. The van der Waals surface area contributed by atoms with Crippen LogP contribution < -0.4 is 5.73 Å². The van der Waals surface area contributed by atoms with E-state index < -0.39 is 0 Å². The summed E-state index contributed by atoms with van der Waals surface area (Å²) < 4.78 is 0. The Morgan fingerprint density at radius 1 is 1.07 bits per heavy atom. The molecule has 0 bridgehead atoms. The van der Waals surface area contributed by atoms with Gasteiger partial charge in [0.2, 0.25) is 0 Å². The van der Waals surface area contributed by atoms with Crippen LogP contribution in [0.2, 0.25) is 0 Å². The molecule has 2 nitrogen and oxygen atoms in total. The third kappa shape index (κ3) is 1.52. The van der Waals surface area contributed by atoms with E-state index >= 15 is 0 Å². The lowest BCUT2D eigenvalue weighted by Crippen LogP contribution is -1.95. The van der Waals surface area contributed by atoms with Crippen molar-refractivity contribution in [3.05, 3.63) is 47.5 Å². The zero-order valence-corrected chi connectivity index (χ0v) is 7.73. The minimum absolute atomic E-state index is 0.529. The highest BCUT2D eigenvalue weighted by Gasteiger charge is 1.96. The number of fused-ring (bicyclic) bond motifs is 1. The summed E-state index contributed by atoms with van der Waals surface area (Å²) in [5.41, 5.74) is 7.33. The average molecular weight is 185 g/mol. The molecule has 0 aliphatic heterocycles. The van der Waals surface area contributed by atoms with Crippen molar-refractivity contribution in [2.75, 3.05) is 0 Å². The maximum atomic E-state index is 10.6. The van der Waals surface area contributed by atoms with E-state index in [2.05, 4.69) is 0 Å². The van der Waals surface area contributed by atoms with Crippen molar-refractivity contribution in [1.29, 1.82) is 0 Å². The first kappa shape index (κ1) is 8.91. The normalized spacial score (nSPS) is 10.4. The maximum Gasteiger partial charge on any atom is 0.150 e. The minimum Gasteiger partial charge on any atom is -0.326 e. The van der Waals surface area contributed by atoms with Gasteiger partial charge in [0.15, 0.2) is 0 Å². The highest BCUT2D eigenvalue weighted by molar-refractivity contribution is 5.89. The Bertz CT molecular complexity index is 477. The molecule has 2 heteroatoms. The summed E-state index contributed by atoms with van der Waals surface area (Å²) in [7, 11) is 0. The monoisotopic (exact) mass is 185 g/mol. The summed E-state index contributed by atoms with van der Waals surface area (Å²) in [5.74, 6) is 0. The molecule has 0 spiro atoms. The fourth-order valence-electron chi connectivity index (χ4n) is 1.51. The van der Waals surface area contributed by atoms with Crippen LogP contribution in [-0.2, 0) is 6.54 Å². The van der Waals surface area contributed by atoms with E-state index in [4.69, 9.17) is 5.73 Å². The molecule has 0 radical (unpaired) electrons. The van der Waals surface area contributed by atoms with Gasteiger partial charge < -0.3 is 5.73 Å². The maximum absolute atomic E-state index is 10.6. The van der Waals surface area contributed by atoms with Gasteiger partial charge in [-0.3, -0.25) is 4.79 Å². The molecular formula is C12H11NO. The van der Waals surface area contributed by atoms with Crippen molar-refractivity contribution in [1.82, 2.24) is 0 Å². The molecule has 2 aromatic rings. The summed E-state index contributed by atoms with van der Waals surface area (Å²) >= 11 is 0. The lowest BCUT2D eigenvalue weighted by molar-refractivity contribution is 0.112. The largest absolute Gasteiger partial charge is 0.326 e. The van der Waals surface area contributed by atoms with Gasteiger partial charge in [-0.05, 0) is 28.5 Å². The second-order valence-corrected chi connectivity index (χ2v) is 3.26. The van der Waals surface area contributed by atoms with E-state index in [0.717, 1.165) is 22.6 Å². The Balaban J connectivity index is 2.65. The Morgan fingerprint density at radius 2 is 1.86 bits per heavy atom. The van der Waals surface area contributed by atoms with E-state index in [0.29, 0.717) is 12.1 Å². The quantitative estimate of drug-likeness (QED) is 0.728. The van der Waals surface area contributed by atoms with Crippen LogP contribution in [-0.4, -0.2) is 6.29 Å². The van der Waals surface area contributed by atoms with Crippen molar-refractivity contribution in [3.63, 3.8) is 0 Å². The molecule has 70 valence electrons. The van der Waals surface area contributed by atoms with Gasteiger partial charge in [0.1, 0.15) is 6.29 Å². The van der Waals surface area contributed by atoms with Gasteiger partial charge in [0.25, 0.3) is 0 Å². The average Bonchev–Trinajstić information content (AvgIpc) is 2.27. The standard InChI is InChI=1S/C12H11NO/c13-7-9-1-3-11-4-2-10(8-14)6-12(11)5-9/h1-6,8H,7,13H2. The molecular weight excluding hydrogens is 174 g/mol. The molecule has 0 atom stereocenters. The van der Waals surface area contributed by atoms with Crippen LogP contribution in [0.1, 0.15) is 15.9 Å². The lowest BCUT2D eigenvalue weighted by atomic mass is 10.0. The molecule has 0 unspecified atom stereocenters. The van der Waals surface area contributed by atoms with Gasteiger partial charge >= 0.3 is 0 Å². The molecule has 0 saturated carbocycles. The summed E-state index contributed by atoms with van der Waals surface area (Å²) in [6.07, 6.45) is 0.856. The Morgan fingerprint density at radius 3 is 2.57 bits per heavy atom. The number of hydrogen-bond donors (Lipinski definition) is 1. The van der Waals surface area contributed by atoms with Crippen molar-refractivity contribution in [2.24, 2.45) is 5.73 Å². The number of rotatable bonds is 2. The van der Waals surface area contributed by atoms with Crippen LogP contribution in [0.3, 0.4) is 0 Å². The Hall–Kier alpha value is -1.67. The first-order valence-electron chi connectivity index (χ1n) is 4.51. The van der Waals surface area contributed by atoms with Crippen LogP contribution in [0.5, 0.6) is 0 Å². The van der Waals surface area contributed by atoms with E-state index in [1.54, 1.807) is 0 Å². The zero-order valence-electron chi connectivity index (χ0n) is 7.73. The van der Waals surface area contributed by atoms with Crippen LogP contribution in [0.25, 0.3) is 10.8 Å². The number of hydrogen-bond acceptors (Lipinski definition) is 2. The topological polar surface area (TPSA) is 43.1 Å². The predicted octanol–water partition coefficient (Wildman–Crippen LogP) is 2.11. The van der Waals surface area contributed by atoms with Crippen molar-refractivity contribution in [3.8, 4) is 0 Å². The lowest BCUT2D eigenvalue weighted by Gasteiger charge is -2.01. The predicted molar refractivity (Wildman–Crippen MR) is 57.2 cm³/mol. The van der Waals surface area contributed by atoms with E-state index in [9.17, 15) is 4.79 Å². The molecule has 0 aromatic heterocycles. The van der Waals surface area contributed by atoms with Gasteiger partial charge in [0.05, 0.1) is 0 Å². The fourth-order valence-corrected chi connectivity index (χ4v) is 1.51. The molecule has 14 heavy (non-hydrogen) atoms. The summed E-state index contributed by atoms with van der Waals surface area (Å²) in [5, 5.41) is 2.20. The van der Waals surface area contributed by atoms with E-state index in [-0.39, 0.29) is 0 Å². The molecule has 0 aliphatic rings. The third-order valence-electron chi connectivity index (χ3n) is 2.30. The Kier molecular flexibility index (Phi) is 2.29. The van der Waals surface area contributed by atoms with E-state index in [1.165, 1.54) is 0 Å². The first-order valence-corrected chi connectivity index (χ1v) is 4.51. The highest BCUT2D eigenvalue weighted by Crippen LogP contribution is 2.17. The van der Waals surface area contributed by atoms with Gasteiger partial charge in [-0.2, -0.15) is 0 Å². The van der Waals surface area contributed by atoms with Crippen molar-refractivity contribution < 1.29 is 4.79 Å². The van der Waals surface area contributed by atoms with Crippen LogP contribution in [0, 0.1) is 0 Å². The highest BCUT2D eigenvalue weighted by atomic mass is 16.1. The first-order chi connectivity index (χ1) is 6.83. The zero-order chi connectivity index (χ0) is 9.97. The number of carbonyl (C=O) groups is 1. The fraction of sp³-hybridized carbons (Fsp3) is 0.0833. The van der Waals surface area contributed by atoms with Gasteiger partial charge in [-0.25, -0.2) is 0 Å². The molecule has 2 aromatic carbocycles. The summed E-state index contributed by atoms with van der Waals surface area (Å²) in [4.78, 5) is 10.6. The SMILES string of the molecule is NCc1ccc2ccc(C=O)cc2c1. The van der Waals surface area contributed by atoms with Gasteiger partial charge in [-0.1, -0.05) is 24.3 Å². The summed E-state index contributed by atoms with van der Waals surface area (Å²) in [6, 6.07) is 11.7. The summed E-state index contributed by atoms with van der Waals surface area (Å²) in [6.45, 7) is 0.529. The van der Waals surface area contributed by atoms with Gasteiger partial charge in [-0.15, -0.1) is 0 Å². The smallest absolute Gasteiger partial charge is 0.150 e. The third-order valence-corrected chi connectivity index (χ3v) is 2.30. The molecule has 0 heterocycles. The second kappa shape index (κ2) is 3.60. The minimum atomic E-state index is 0.529. The van der Waals surface area contributed by atoms with Crippen LogP contribution in [0.15, 0.2) is 36.4 Å². The molecule has 0 fully saturated rings. The van der Waals surface area contributed by atoms with Crippen LogP contribution in [0.4, 0.5) is 0 Å². The number of carbonyl (C=O) groups excluding carboxylic acids is 1. The van der Waals surface area contributed by atoms with Crippen molar-refractivity contribution in [2.45, 2.75) is 6.54 Å². The molecule has 0 saturated heterocycles. The van der Waals surface area contributed by atoms with Crippen molar-refractivity contribution >= 4 is 17.1 Å².